The molecule has 0 aliphatic heterocycles. The van der Waals surface area contributed by atoms with Crippen molar-refractivity contribution in [1.29, 1.82) is 0 Å². The average Bonchev–Trinajstić information content (AvgIpc) is 2.95. The summed E-state index contributed by atoms with van der Waals surface area (Å²) in [5, 5.41) is 2.53. The Labute approximate surface area is 138 Å². The molecule has 1 N–H and O–H groups in total. The van der Waals surface area contributed by atoms with E-state index in [-0.39, 0.29) is 18.0 Å². The van der Waals surface area contributed by atoms with E-state index in [2.05, 4.69) is 17.5 Å². The molecule has 0 saturated carbocycles. The Hall–Kier alpha value is -2.56. The Bertz CT molecular complexity index is 793. The first-order valence-electron chi connectivity index (χ1n) is 7.66. The van der Waals surface area contributed by atoms with Crippen molar-refractivity contribution in [1.82, 2.24) is 0 Å². The topological polar surface area (TPSA) is 29.1 Å². The van der Waals surface area contributed by atoms with Gasteiger partial charge < -0.3 is 5.32 Å². The van der Waals surface area contributed by atoms with Crippen LogP contribution in [-0.2, 0) is 17.4 Å². The van der Waals surface area contributed by atoms with Gasteiger partial charge in [0.25, 0.3) is 0 Å². The molecule has 2 nitrogen and oxygen atoms in total. The van der Waals surface area contributed by atoms with Crippen LogP contribution in [0, 0.1) is 0 Å². The van der Waals surface area contributed by atoms with Crippen LogP contribution in [0.15, 0.2) is 54.1 Å². The van der Waals surface area contributed by atoms with Crippen molar-refractivity contribution in [3.63, 3.8) is 0 Å². The lowest BCUT2D eigenvalue weighted by Gasteiger charge is -2.10. The van der Waals surface area contributed by atoms with Crippen LogP contribution in [0.3, 0.4) is 0 Å². The molecule has 2 aromatic carbocycles. The van der Waals surface area contributed by atoms with Crippen molar-refractivity contribution in [3.8, 4) is 0 Å². The minimum absolute atomic E-state index is 0.165. The predicted molar refractivity (Wildman–Crippen MR) is 87.4 cm³/mol. The van der Waals surface area contributed by atoms with E-state index in [1.165, 1.54) is 23.3 Å². The monoisotopic (exact) mass is 331 g/mol. The van der Waals surface area contributed by atoms with Crippen LogP contribution in [0.4, 0.5) is 18.9 Å². The first-order valence-corrected chi connectivity index (χ1v) is 7.66. The molecule has 0 heterocycles. The Morgan fingerprint density at radius 3 is 2.62 bits per heavy atom. The van der Waals surface area contributed by atoms with Crippen molar-refractivity contribution in [3.05, 3.63) is 70.8 Å². The molecule has 0 fully saturated rings. The van der Waals surface area contributed by atoms with Crippen LogP contribution in [0.5, 0.6) is 0 Å². The summed E-state index contributed by atoms with van der Waals surface area (Å²) in [6.07, 6.45) is -0.670. The van der Waals surface area contributed by atoms with Crippen molar-refractivity contribution >= 4 is 17.7 Å². The van der Waals surface area contributed by atoms with E-state index in [4.69, 9.17) is 0 Å². The highest BCUT2D eigenvalue weighted by atomic mass is 19.4. The van der Waals surface area contributed by atoms with Crippen LogP contribution in [-0.4, -0.2) is 5.91 Å². The highest BCUT2D eigenvalue weighted by molar-refractivity contribution is 5.91. The van der Waals surface area contributed by atoms with Crippen LogP contribution in [0.2, 0.25) is 0 Å². The van der Waals surface area contributed by atoms with Gasteiger partial charge in [0, 0.05) is 12.1 Å². The smallest absolute Gasteiger partial charge is 0.326 e. The minimum Gasteiger partial charge on any atom is -0.326 e. The fraction of sp³-hybridized carbons (Fsp3) is 0.211. The number of anilines is 1. The number of halogens is 3. The quantitative estimate of drug-likeness (QED) is 0.833. The summed E-state index contributed by atoms with van der Waals surface area (Å²) in [4.78, 5) is 12.0. The largest absolute Gasteiger partial charge is 0.416 e. The summed E-state index contributed by atoms with van der Waals surface area (Å²) in [5.41, 5.74) is 2.97. The number of allylic oxidation sites excluding steroid dienone is 1. The van der Waals surface area contributed by atoms with Gasteiger partial charge in [0.2, 0.25) is 5.91 Å². The van der Waals surface area contributed by atoms with Crippen LogP contribution in [0.25, 0.3) is 6.08 Å². The van der Waals surface area contributed by atoms with E-state index in [0.717, 1.165) is 24.1 Å². The number of benzene rings is 2. The number of amides is 1. The van der Waals surface area contributed by atoms with Gasteiger partial charge in [-0.2, -0.15) is 13.2 Å². The second kappa shape index (κ2) is 6.51. The predicted octanol–water partition coefficient (Wildman–Crippen LogP) is 5.06. The highest BCUT2D eigenvalue weighted by Crippen LogP contribution is 2.31. The van der Waals surface area contributed by atoms with Gasteiger partial charge in [0.15, 0.2) is 0 Å². The minimum atomic E-state index is -4.42. The molecule has 1 aliphatic carbocycles. The van der Waals surface area contributed by atoms with E-state index in [1.807, 2.05) is 18.2 Å². The van der Waals surface area contributed by atoms with Crippen molar-refractivity contribution in [2.75, 3.05) is 5.32 Å². The molecule has 0 radical (unpaired) electrons. The molecule has 0 unspecified atom stereocenters. The van der Waals surface area contributed by atoms with Crippen molar-refractivity contribution < 1.29 is 18.0 Å². The fourth-order valence-corrected chi connectivity index (χ4v) is 2.78. The number of rotatable bonds is 4. The van der Waals surface area contributed by atoms with E-state index >= 15 is 0 Å². The molecular weight excluding hydrogens is 315 g/mol. The van der Waals surface area contributed by atoms with Gasteiger partial charge >= 0.3 is 6.18 Å². The van der Waals surface area contributed by atoms with E-state index in [1.54, 1.807) is 0 Å². The number of carbonyl (C=O) groups excluding carboxylic acids is 1. The zero-order valence-corrected chi connectivity index (χ0v) is 12.9. The van der Waals surface area contributed by atoms with E-state index in [0.29, 0.717) is 6.42 Å². The van der Waals surface area contributed by atoms with Crippen LogP contribution < -0.4 is 5.32 Å². The molecule has 0 atom stereocenters. The maximum absolute atomic E-state index is 12.7. The summed E-state index contributed by atoms with van der Waals surface area (Å²) in [6.45, 7) is 0. The number of alkyl halides is 3. The zero-order valence-electron chi connectivity index (χ0n) is 12.9. The van der Waals surface area contributed by atoms with Gasteiger partial charge in [-0.05, 0) is 42.2 Å². The van der Waals surface area contributed by atoms with E-state index in [9.17, 15) is 18.0 Å². The molecule has 0 saturated heterocycles. The first kappa shape index (κ1) is 16.3. The molecule has 0 aromatic heterocycles. The van der Waals surface area contributed by atoms with Gasteiger partial charge in [-0.25, -0.2) is 0 Å². The van der Waals surface area contributed by atoms with Crippen molar-refractivity contribution in [2.45, 2.75) is 25.4 Å². The highest BCUT2D eigenvalue weighted by Gasteiger charge is 2.30. The SMILES string of the molecule is O=C(CCC1=Cc2ccccc2C1)Nc1cccc(C(F)(F)F)c1. The Balaban J connectivity index is 1.56. The maximum Gasteiger partial charge on any atom is 0.416 e. The normalized spacial score (nSPS) is 13.4. The number of hydrogen-bond acceptors (Lipinski definition) is 1. The molecule has 2 aromatic rings. The molecule has 5 heteroatoms. The Morgan fingerprint density at radius 2 is 1.88 bits per heavy atom. The average molecular weight is 331 g/mol. The third kappa shape index (κ3) is 3.85. The number of hydrogen-bond donors (Lipinski definition) is 1. The number of carbonyl (C=O) groups is 1. The number of nitrogens with one attached hydrogen (secondary N) is 1. The molecule has 3 rings (SSSR count). The molecule has 1 aliphatic rings. The molecule has 1 amide bonds. The zero-order chi connectivity index (χ0) is 17.2. The molecule has 0 spiro atoms. The first-order chi connectivity index (χ1) is 11.4. The molecule has 0 bridgehead atoms. The van der Waals surface area contributed by atoms with Gasteiger partial charge in [-0.3, -0.25) is 4.79 Å². The molecule has 24 heavy (non-hydrogen) atoms. The number of fused-ring (bicyclic) bond motifs is 1. The van der Waals surface area contributed by atoms with Gasteiger partial charge in [-0.1, -0.05) is 42.0 Å². The van der Waals surface area contributed by atoms with Gasteiger partial charge in [0.1, 0.15) is 0 Å². The molecular formula is C19H16F3NO. The summed E-state index contributed by atoms with van der Waals surface area (Å²) in [5.74, 6) is -0.286. The lowest BCUT2D eigenvalue weighted by atomic mass is 10.1. The van der Waals surface area contributed by atoms with Gasteiger partial charge in [-0.15, -0.1) is 0 Å². The maximum atomic E-state index is 12.7. The third-order valence-electron chi connectivity index (χ3n) is 3.98. The van der Waals surface area contributed by atoms with Crippen molar-refractivity contribution in [2.24, 2.45) is 0 Å². The van der Waals surface area contributed by atoms with E-state index < -0.39 is 11.7 Å². The fourth-order valence-electron chi connectivity index (χ4n) is 2.78. The third-order valence-corrected chi connectivity index (χ3v) is 3.98. The summed E-state index contributed by atoms with van der Waals surface area (Å²) >= 11 is 0. The van der Waals surface area contributed by atoms with Crippen LogP contribution >= 0.6 is 0 Å². The molecule has 124 valence electrons. The summed E-state index contributed by atoms with van der Waals surface area (Å²) in [7, 11) is 0. The second-order valence-electron chi connectivity index (χ2n) is 5.80. The lowest BCUT2D eigenvalue weighted by molar-refractivity contribution is -0.137. The van der Waals surface area contributed by atoms with Crippen LogP contribution in [0.1, 0.15) is 29.5 Å². The summed E-state index contributed by atoms with van der Waals surface area (Å²) in [6, 6.07) is 12.7. The lowest BCUT2D eigenvalue weighted by Crippen LogP contribution is -2.13. The Kier molecular flexibility index (Phi) is 4.42. The second-order valence-corrected chi connectivity index (χ2v) is 5.80. The summed E-state index contributed by atoms with van der Waals surface area (Å²) < 4.78 is 38.0. The Morgan fingerprint density at radius 1 is 1.08 bits per heavy atom. The standard InChI is InChI=1S/C19H16F3NO/c20-19(21,22)16-6-3-7-17(12-16)23-18(24)9-8-13-10-14-4-1-2-5-15(14)11-13/h1-7,10,12H,8-9,11H2,(H,23,24). The van der Waals surface area contributed by atoms with Gasteiger partial charge in [0.05, 0.1) is 5.56 Å².